The number of carbonyl (C=O) groups excluding carboxylic acids is 1. The molecule has 3 nitrogen and oxygen atoms in total. The molecule has 1 unspecified atom stereocenters. The van der Waals surface area contributed by atoms with Crippen molar-refractivity contribution in [1.82, 2.24) is 0 Å². The zero-order valence-electron chi connectivity index (χ0n) is 10.8. The zero-order chi connectivity index (χ0) is 13.2. The fourth-order valence-corrected chi connectivity index (χ4v) is 2.70. The maximum atomic E-state index is 14.0. The molecule has 0 aliphatic carbocycles. The van der Waals surface area contributed by atoms with Gasteiger partial charge in [-0.1, -0.05) is 0 Å². The Morgan fingerprint density at radius 2 is 2.11 bits per heavy atom. The van der Waals surface area contributed by atoms with Crippen molar-refractivity contribution in [2.45, 2.75) is 38.2 Å². The van der Waals surface area contributed by atoms with Crippen molar-refractivity contribution in [3.63, 3.8) is 0 Å². The average molecular weight is 264 g/mol. The molecule has 2 aliphatic rings. The van der Waals surface area contributed by atoms with Crippen LogP contribution in [-0.4, -0.2) is 25.1 Å². The van der Waals surface area contributed by atoms with E-state index in [0.717, 1.165) is 37.7 Å². The van der Waals surface area contributed by atoms with E-state index in [0.29, 0.717) is 24.5 Å². The molecular weight excluding hydrogens is 247 g/mol. The lowest BCUT2D eigenvalue weighted by molar-refractivity contribution is 0.0642. The lowest BCUT2D eigenvalue weighted by atomic mass is 9.99. The quantitative estimate of drug-likeness (QED) is 0.770. The van der Waals surface area contributed by atoms with E-state index in [9.17, 15) is 9.18 Å². The van der Waals surface area contributed by atoms with Crippen LogP contribution in [0.25, 0.3) is 0 Å². The Kier molecular flexibility index (Phi) is 3.51. The van der Waals surface area contributed by atoms with Crippen LogP contribution in [0.2, 0.25) is 0 Å². The van der Waals surface area contributed by atoms with Crippen LogP contribution in [-0.2, 0) is 11.2 Å². The summed E-state index contributed by atoms with van der Waals surface area (Å²) in [5, 5.41) is 0. The van der Waals surface area contributed by atoms with Crippen molar-refractivity contribution in [1.29, 1.82) is 0 Å². The predicted octanol–water partition coefficient (Wildman–Crippen LogP) is 2.90. The Labute approximate surface area is 111 Å². The summed E-state index contributed by atoms with van der Waals surface area (Å²) < 4.78 is 24.8. The molecule has 2 heterocycles. The summed E-state index contributed by atoms with van der Waals surface area (Å²) in [6.45, 7) is 1.16. The van der Waals surface area contributed by atoms with Crippen molar-refractivity contribution in [3.8, 4) is 5.75 Å². The third-order valence-corrected chi connectivity index (χ3v) is 3.71. The number of fused-ring (bicyclic) bond motifs is 1. The normalized spacial score (nSPS) is 22.5. The van der Waals surface area contributed by atoms with Crippen molar-refractivity contribution in [3.05, 3.63) is 29.1 Å². The van der Waals surface area contributed by atoms with Crippen LogP contribution in [0.3, 0.4) is 0 Å². The van der Waals surface area contributed by atoms with Gasteiger partial charge in [0.1, 0.15) is 6.10 Å². The molecule has 0 N–H and O–H groups in total. The van der Waals surface area contributed by atoms with Gasteiger partial charge in [-0.25, -0.2) is 4.39 Å². The van der Waals surface area contributed by atoms with E-state index in [1.165, 1.54) is 6.07 Å². The molecule has 1 atom stereocenters. The van der Waals surface area contributed by atoms with E-state index in [4.69, 9.17) is 9.47 Å². The second-order valence-corrected chi connectivity index (χ2v) is 5.12. The molecule has 0 aromatic heterocycles. The summed E-state index contributed by atoms with van der Waals surface area (Å²) in [4.78, 5) is 12.2. The SMILES string of the molecule is O=C(c1cc(F)c2c(c1)CCCCO2)C1CCCO1. The summed E-state index contributed by atoms with van der Waals surface area (Å²) in [6, 6.07) is 3.06. The fraction of sp³-hybridized carbons (Fsp3) is 0.533. The van der Waals surface area contributed by atoms with Crippen LogP contribution in [0.4, 0.5) is 4.39 Å². The van der Waals surface area contributed by atoms with Gasteiger partial charge in [-0.05, 0) is 49.8 Å². The first-order chi connectivity index (χ1) is 9.25. The van der Waals surface area contributed by atoms with Gasteiger partial charge in [0.2, 0.25) is 0 Å². The van der Waals surface area contributed by atoms with Crippen molar-refractivity contribution in [2.75, 3.05) is 13.2 Å². The van der Waals surface area contributed by atoms with Crippen LogP contribution in [0.15, 0.2) is 12.1 Å². The first-order valence-corrected chi connectivity index (χ1v) is 6.87. The number of hydrogen-bond acceptors (Lipinski definition) is 3. The molecule has 1 aromatic carbocycles. The molecule has 0 bridgehead atoms. The summed E-state index contributed by atoms with van der Waals surface area (Å²) in [5.41, 5.74) is 1.22. The van der Waals surface area contributed by atoms with Crippen molar-refractivity contribution < 1.29 is 18.7 Å². The number of hydrogen-bond donors (Lipinski definition) is 0. The van der Waals surface area contributed by atoms with Gasteiger partial charge >= 0.3 is 0 Å². The number of ketones is 1. The van der Waals surface area contributed by atoms with E-state index in [1.807, 2.05) is 0 Å². The monoisotopic (exact) mass is 264 g/mol. The summed E-state index contributed by atoms with van der Waals surface area (Å²) in [7, 11) is 0. The second-order valence-electron chi connectivity index (χ2n) is 5.12. The summed E-state index contributed by atoms with van der Waals surface area (Å²) in [5.74, 6) is -0.217. The highest BCUT2D eigenvalue weighted by Gasteiger charge is 2.26. The van der Waals surface area contributed by atoms with Crippen molar-refractivity contribution >= 4 is 5.78 Å². The highest BCUT2D eigenvalue weighted by atomic mass is 19.1. The van der Waals surface area contributed by atoms with Gasteiger partial charge in [0, 0.05) is 12.2 Å². The van der Waals surface area contributed by atoms with Gasteiger partial charge in [-0.15, -0.1) is 0 Å². The third-order valence-electron chi connectivity index (χ3n) is 3.71. The van der Waals surface area contributed by atoms with E-state index in [1.54, 1.807) is 6.07 Å². The van der Waals surface area contributed by atoms with Gasteiger partial charge in [-0.2, -0.15) is 0 Å². The number of Topliss-reactive ketones (excluding diaryl/α,β-unsaturated/α-hetero) is 1. The molecule has 0 amide bonds. The molecule has 0 radical (unpaired) electrons. The second kappa shape index (κ2) is 5.29. The number of ether oxygens (including phenoxy) is 2. The van der Waals surface area contributed by atoms with E-state index in [-0.39, 0.29) is 5.78 Å². The first-order valence-electron chi connectivity index (χ1n) is 6.87. The molecule has 1 aromatic rings. The lowest BCUT2D eigenvalue weighted by Gasteiger charge is -2.12. The van der Waals surface area contributed by atoms with Gasteiger partial charge in [-0.3, -0.25) is 4.79 Å². The molecule has 102 valence electrons. The number of carbonyl (C=O) groups is 1. The Hall–Kier alpha value is -1.42. The number of rotatable bonds is 2. The number of benzene rings is 1. The van der Waals surface area contributed by atoms with E-state index < -0.39 is 11.9 Å². The first kappa shape index (κ1) is 12.6. The van der Waals surface area contributed by atoms with Crippen LogP contribution in [0.5, 0.6) is 5.75 Å². The van der Waals surface area contributed by atoms with Crippen LogP contribution < -0.4 is 4.74 Å². The van der Waals surface area contributed by atoms with Crippen LogP contribution in [0.1, 0.15) is 41.6 Å². The van der Waals surface area contributed by atoms with Gasteiger partial charge in [0.05, 0.1) is 6.61 Å². The lowest BCUT2D eigenvalue weighted by Crippen LogP contribution is -2.20. The minimum absolute atomic E-state index is 0.108. The molecule has 0 spiro atoms. The third kappa shape index (κ3) is 2.50. The molecule has 0 saturated carbocycles. The molecule has 3 rings (SSSR count). The van der Waals surface area contributed by atoms with E-state index in [2.05, 4.69) is 0 Å². The highest BCUT2D eigenvalue weighted by Crippen LogP contribution is 2.30. The van der Waals surface area contributed by atoms with Gasteiger partial charge in [0.15, 0.2) is 17.3 Å². The van der Waals surface area contributed by atoms with E-state index >= 15 is 0 Å². The van der Waals surface area contributed by atoms with Crippen LogP contribution >= 0.6 is 0 Å². The van der Waals surface area contributed by atoms with Crippen LogP contribution in [0, 0.1) is 5.82 Å². The largest absolute Gasteiger partial charge is 0.490 e. The zero-order valence-corrected chi connectivity index (χ0v) is 10.8. The number of halogens is 1. The molecule has 1 saturated heterocycles. The average Bonchev–Trinajstić information content (AvgIpc) is 2.83. The summed E-state index contributed by atoms with van der Waals surface area (Å²) >= 11 is 0. The fourth-order valence-electron chi connectivity index (χ4n) is 2.70. The van der Waals surface area contributed by atoms with Gasteiger partial charge in [0.25, 0.3) is 0 Å². The Bertz CT molecular complexity index is 492. The Balaban J connectivity index is 1.92. The maximum absolute atomic E-state index is 14.0. The Morgan fingerprint density at radius 1 is 1.21 bits per heavy atom. The standard InChI is InChI=1S/C15H17FO3/c16-12-9-11(14(17)13-5-3-7-18-13)8-10-4-1-2-6-19-15(10)12/h8-9,13H,1-7H2. The minimum atomic E-state index is -0.430. The number of aryl methyl sites for hydroxylation is 1. The Morgan fingerprint density at radius 3 is 2.89 bits per heavy atom. The maximum Gasteiger partial charge on any atom is 0.191 e. The minimum Gasteiger partial charge on any atom is -0.490 e. The van der Waals surface area contributed by atoms with Crippen molar-refractivity contribution in [2.24, 2.45) is 0 Å². The van der Waals surface area contributed by atoms with Gasteiger partial charge < -0.3 is 9.47 Å². The predicted molar refractivity (Wildman–Crippen MR) is 68.1 cm³/mol. The molecule has 4 heteroatoms. The molecule has 1 fully saturated rings. The molecular formula is C15H17FO3. The molecule has 2 aliphatic heterocycles. The topological polar surface area (TPSA) is 35.5 Å². The summed E-state index contributed by atoms with van der Waals surface area (Å²) in [6.07, 6.45) is 3.87. The molecule has 19 heavy (non-hydrogen) atoms. The highest BCUT2D eigenvalue weighted by molar-refractivity contribution is 6.00. The smallest absolute Gasteiger partial charge is 0.191 e.